The molecule has 1 saturated carbocycles. The van der Waals surface area contributed by atoms with Crippen molar-refractivity contribution in [1.29, 1.82) is 0 Å². The Morgan fingerprint density at radius 3 is 2.83 bits per heavy atom. The summed E-state index contributed by atoms with van der Waals surface area (Å²) in [5.41, 5.74) is 0.833. The quantitative estimate of drug-likeness (QED) is 0.737. The first-order valence-electron chi connectivity index (χ1n) is 7.54. The molecule has 1 aliphatic rings. The van der Waals surface area contributed by atoms with Crippen molar-refractivity contribution in [3.8, 4) is 22.9 Å². The van der Waals surface area contributed by atoms with Crippen LogP contribution < -0.4 is 10.4 Å². The number of methoxy groups -OCH3 is 1. The molecule has 0 radical (unpaired) electrons. The molecule has 0 unspecified atom stereocenters. The summed E-state index contributed by atoms with van der Waals surface area (Å²) < 4.78 is 25.5. The molecule has 1 fully saturated rings. The number of aromatic nitrogens is 3. The smallest absolute Gasteiger partial charge is 0.353 e. The minimum absolute atomic E-state index is 0.132. The lowest BCUT2D eigenvalue weighted by atomic mass is 10.1. The van der Waals surface area contributed by atoms with E-state index in [1.54, 1.807) is 12.3 Å². The topological polar surface area (TPSA) is 70.2 Å². The SMILES string of the molecule is COc1ccc(-c2ocnc2-n2ccc(C3CC3)nc2=O)cc1F. The monoisotopic (exact) mass is 327 g/mol. The highest BCUT2D eigenvalue weighted by Crippen LogP contribution is 2.38. The molecule has 2 aromatic heterocycles. The van der Waals surface area contributed by atoms with Gasteiger partial charge >= 0.3 is 5.69 Å². The fourth-order valence-corrected chi connectivity index (χ4v) is 2.60. The predicted octanol–water partition coefficient (Wildman–Crippen LogP) is 2.91. The second-order valence-electron chi connectivity index (χ2n) is 5.63. The van der Waals surface area contributed by atoms with Gasteiger partial charge in [0.2, 0.25) is 0 Å². The van der Waals surface area contributed by atoms with Crippen LogP contribution in [0.25, 0.3) is 17.1 Å². The van der Waals surface area contributed by atoms with Crippen LogP contribution in [0.3, 0.4) is 0 Å². The van der Waals surface area contributed by atoms with Gasteiger partial charge in [0.1, 0.15) is 0 Å². The Balaban J connectivity index is 1.77. The number of rotatable bonds is 4. The molecule has 3 aromatic rings. The molecule has 24 heavy (non-hydrogen) atoms. The van der Waals surface area contributed by atoms with Crippen molar-refractivity contribution in [2.75, 3.05) is 7.11 Å². The third-order valence-corrected chi connectivity index (χ3v) is 4.01. The average molecular weight is 327 g/mol. The standard InChI is InChI=1S/C17H14FN3O3/c1-23-14-5-4-11(8-12(14)18)15-16(19-9-24-15)21-7-6-13(10-2-3-10)20-17(21)22/h4-10H,2-3H2,1H3. The summed E-state index contributed by atoms with van der Waals surface area (Å²) in [6.07, 6.45) is 4.98. The average Bonchev–Trinajstić information content (AvgIpc) is 3.32. The van der Waals surface area contributed by atoms with Crippen molar-refractivity contribution in [3.63, 3.8) is 0 Å². The largest absolute Gasteiger partial charge is 0.494 e. The molecule has 0 bridgehead atoms. The van der Waals surface area contributed by atoms with Crippen LogP contribution in [0.2, 0.25) is 0 Å². The minimum Gasteiger partial charge on any atom is -0.494 e. The molecule has 6 nitrogen and oxygen atoms in total. The summed E-state index contributed by atoms with van der Waals surface area (Å²) in [5, 5.41) is 0. The van der Waals surface area contributed by atoms with Crippen molar-refractivity contribution in [1.82, 2.24) is 14.5 Å². The van der Waals surface area contributed by atoms with Gasteiger partial charge in [-0.05, 0) is 37.1 Å². The molecule has 1 aliphatic carbocycles. The van der Waals surface area contributed by atoms with E-state index in [9.17, 15) is 9.18 Å². The number of nitrogens with zero attached hydrogens (tertiary/aromatic N) is 3. The normalized spacial score (nSPS) is 13.9. The molecule has 7 heteroatoms. The van der Waals surface area contributed by atoms with E-state index in [0.717, 1.165) is 18.5 Å². The van der Waals surface area contributed by atoms with Crippen LogP contribution >= 0.6 is 0 Å². The van der Waals surface area contributed by atoms with E-state index in [-0.39, 0.29) is 11.6 Å². The Labute approximate surface area is 136 Å². The van der Waals surface area contributed by atoms with Crippen molar-refractivity contribution < 1.29 is 13.5 Å². The Kier molecular flexibility index (Phi) is 3.41. The Hall–Kier alpha value is -2.96. The lowest BCUT2D eigenvalue weighted by Crippen LogP contribution is -2.22. The molecule has 0 N–H and O–H groups in total. The van der Waals surface area contributed by atoms with Crippen LogP contribution in [0.1, 0.15) is 24.5 Å². The van der Waals surface area contributed by atoms with Crippen LogP contribution in [0.15, 0.2) is 46.1 Å². The zero-order valence-electron chi connectivity index (χ0n) is 12.9. The predicted molar refractivity (Wildman–Crippen MR) is 83.8 cm³/mol. The fourth-order valence-electron chi connectivity index (χ4n) is 2.60. The maximum absolute atomic E-state index is 13.9. The molecule has 0 spiro atoms. The molecule has 0 aliphatic heterocycles. The lowest BCUT2D eigenvalue weighted by Gasteiger charge is -2.06. The summed E-state index contributed by atoms with van der Waals surface area (Å²) in [6.45, 7) is 0. The van der Waals surface area contributed by atoms with E-state index in [4.69, 9.17) is 9.15 Å². The third-order valence-electron chi connectivity index (χ3n) is 4.01. The van der Waals surface area contributed by atoms with E-state index in [1.165, 1.54) is 30.2 Å². The molecule has 0 atom stereocenters. The first-order valence-corrected chi connectivity index (χ1v) is 7.54. The summed E-state index contributed by atoms with van der Waals surface area (Å²) in [7, 11) is 1.39. The Morgan fingerprint density at radius 2 is 2.17 bits per heavy atom. The van der Waals surface area contributed by atoms with E-state index in [1.807, 2.05) is 6.07 Å². The van der Waals surface area contributed by atoms with Crippen molar-refractivity contribution in [2.45, 2.75) is 18.8 Å². The summed E-state index contributed by atoms with van der Waals surface area (Å²) in [6, 6.07) is 6.23. The second-order valence-corrected chi connectivity index (χ2v) is 5.63. The van der Waals surface area contributed by atoms with Crippen LogP contribution in [-0.4, -0.2) is 21.6 Å². The molecule has 2 heterocycles. The lowest BCUT2D eigenvalue weighted by molar-refractivity contribution is 0.386. The van der Waals surface area contributed by atoms with Gasteiger partial charge in [0.15, 0.2) is 29.5 Å². The van der Waals surface area contributed by atoms with E-state index >= 15 is 0 Å². The zero-order chi connectivity index (χ0) is 16.7. The molecule has 122 valence electrons. The van der Waals surface area contributed by atoms with Crippen molar-refractivity contribution in [2.24, 2.45) is 0 Å². The van der Waals surface area contributed by atoms with Gasteiger partial charge in [-0.3, -0.25) is 0 Å². The van der Waals surface area contributed by atoms with Crippen molar-refractivity contribution in [3.05, 3.63) is 58.9 Å². The molecule has 0 saturated heterocycles. The number of benzene rings is 1. The van der Waals surface area contributed by atoms with Gasteiger partial charge in [-0.15, -0.1) is 0 Å². The molecule has 0 amide bonds. The van der Waals surface area contributed by atoms with Crippen molar-refractivity contribution >= 4 is 0 Å². The Bertz CT molecular complexity index is 960. The highest BCUT2D eigenvalue weighted by Gasteiger charge is 2.26. The van der Waals surface area contributed by atoms with E-state index < -0.39 is 11.5 Å². The summed E-state index contributed by atoms with van der Waals surface area (Å²) >= 11 is 0. The van der Waals surface area contributed by atoms with E-state index in [0.29, 0.717) is 17.2 Å². The summed E-state index contributed by atoms with van der Waals surface area (Å²) in [5.74, 6) is 0.568. The molecule has 1 aromatic carbocycles. The number of halogens is 1. The van der Waals surface area contributed by atoms with Crippen LogP contribution in [0.5, 0.6) is 5.75 Å². The maximum Gasteiger partial charge on any atom is 0.353 e. The summed E-state index contributed by atoms with van der Waals surface area (Å²) in [4.78, 5) is 20.5. The molecule has 4 rings (SSSR count). The van der Waals surface area contributed by atoms with Gasteiger partial charge in [0.25, 0.3) is 0 Å². The second kappa shape index (κ2) is 5.59. The van der Waals surface area contributed by atoms with Gasteiger partial charge in [0.05, 0.1) is 12.8 Å². The number of ether oxygens (including phenoxy) is 1. The maximum atomic E-state index is 13.9. The Morgan fingerprint density at radius 1 is 1.33 bits per heavy atom. The van der Waals surface area contributed by atoms with Gasteiger partial charge in [-0.25, -0.2) is 13.8 Å². The third kappa shape index (κ3) is 2.47. The van der Waals surface area contributed by atoms with Gasteiger partial charge in [0, 0.05) is 17.7 Å². The minimum atomic E-state index is -0.521. The van der Waals surface area contributed by atoms with Crippen LogP contribution in [0.4, 0.5) is 4.39 Å². The van der Waals surface area contributed by atoms with Gasteiger partial charge < -0.3 is 9.15 Å². The first kappa shape index (κ1) is 14.6. The van der Waals surface area contributed by atoms with E-state index in [2.05, 4.69) is 9.97 Å². The highest BCUT2D eigenvalue weighted by molar-refractivity contribution is 5.65. The number of hydrogen-bond acceptors (Lipinski definition) is 5. The van der Waals surface area contributed by atoms with Crippen LogP contribution in [0, 0.1) is 5.82 Å². The molecular formula is C17H14FN3O3. The zero-order valence-corrected chi connectivity index (χ0v) is 12.9. The number of oxazole rings is 1. The van der Waals surface area contributed by atoms with Gasteiger partial charge in [-0.2, -0.15) is 9.97 Å². The number of hydrogen-bond donors (Lipinski definition) is 0. The first-order chi connectivity index (χ1) is 11.7. The van der Waals surface area contributed by atoms with Crippen LogP contribution in [-0.2, 0) is 0 Å². The fraction of sp³-hybridized carbons (Fsp3) is 0.235. The van der Waals surface area contributed by atoms with Gasteiger partial charge in [-0.1, -0.05) is 0 Å². The molecular weight excluding hydrogens is 313 g/mol. The highest BCUT2D eigenvalue weighted by atomic mass is 19.1.